The molecule has 2 fully saturated rings. The van der Waals surface area contributed by atoms with Gasteiger partial charge in [0.1, 0.15) is 30.1 Å². The summed E-state index contributed by atoms with van der Waals surface area (Å²) in [6, 6.07) is 1.92. The number of alkyl carbamates (subject to hydrolysis) is 1. The van der Waals surface area contributed by atoms with Crippen LogP contribution in [0.5, 0.6) is 5.88 Å². The Morgan fingerprint density at radius 3 is 2.60 bits per heavy atom. The van der Waals surface area contributed by atoms with Gasteiger partial charge in [-0.3, -0.25) is 4.79 Å². The Morgan fingerprint density at radius 2 is 1.91 bits per heavy atom. The number of hydrogen-bond donors (Lipinski definition) is 1. The molecule has 1 aliphatic heterocycles. The number of halogens is 2. The van der Waals surface area contributed by atoms with Crippen molar-refractivity contribution in [3.8, 4) is 5.88 Å². The molecule has 1 saturated carbocycles. The van der Waals surface area contributed by atoms with Crippen molar-refractivity contribution in [3.63, 3.8) is 0 Å². The molecule has 2 aliphatic rings. The minimum atomic E-state index is -1.02. The van der Waals surface area contributed by atoms with Gasteiger partial charge in [-0.15, -0.1) is 6.58 Å². The lowest BCUT2D eigenvalue weighted by molar-refractivity contribution is -0.156. The van der Waals surface area contributed by atoms with E-state index < -0.39 is 53.3 Å². The fourth-order valence-corrected chi connectivity index (χ4v) is 6.51. The monoisotopic (exact) mass is 674 g/mol. The number of benzene rings is 1. The molecule has 6 atom stereocenters. The molecule has 10 nitrogen and oxygen atoms in total. The first-order valence-electron chi connectivity index (χ1n) is 16.5. The molecular formula is C35H48ClFN4O6. The van der Waals surface area contributed by atoms with Gasteiger partial charge in [0.05, 0.1) is 24.2 Å². The number of likely N-dealkylation sites (tertiary alicyclic amines) is 1. The van der Waals surface area contributed by atoms with Gasteiger partial charge in [0.15, 0.2) is 5.15 Å². The molecule has 1 aromatic heterocycles. The third-order valence-corrected chi connectivity index (χ3v) is 9.15. The minimum absolute atomic E-state index is 0.0159. The fourth-order valence-electron chi connectivity index (χ4n) is 6.33. The molecule has 1 saturated heterocycles. The van der Waals surface area contributed by atoms with Crippen LogP contribution in [0.2, 0.25) is 5.15 Å². The largest absolute Gasteiger partial charge is 0.470 e. The molecule has 1 N–H and O–H groups in total. The number of allylic oxidation sites excluding steroid dienone is 1. The Hall–Kier alpha value is -3.47. The number of ether oxygens (including phenoxy) is 3. The first-order chi connectivity index (χ1) is 22.2. The summed E-state index contributed by atoms with van der Waals surface area (Å²) in [4.78, 5) is 51.2. The molecule has 2 heterocycles. The summed E-state index contributed by atoms with van der Waals surface area (Å²) in [6.45, 7) is 15.1. The Bertz CT molecular complexity index is 1450. The van der Waals surface area contributed by atoms with Gasteiger partial charge in [0.25, 0.3) is 5.88 Å². The van der Waals surface area contributed by atoms with Crippen LogP contribution in [0.1, 0.15) is 80.1 Å². The summed E-state index contributed by atoms with van der Waals surface area (Å²) >= 11 is 6.40. The highest BCUT2D eigenvalue weighted by molar-refractivity contribution is 6.31. The quantitative estimate of drug-likeness (QED) is 0.147. The van der Waals surface area contributed by atoms with Gasteiger partial charge in [-0.2, -0.15) is 0 Å². The lowest BCUT2D eigenvalue weighted by Crippen LogP contribution is -2.57. The van der Waals surface area contributed by atoms with Crippen molar-refractivity contribution in [1.29, 1.82) is 0 Å². The Balaban J connectivity index is 1.56. The second-order valence-electron chi connectivity index (χ2n) is 14.2. The number of amides is 2. The first-order valence-corrected chi connectivity index (χ1v) is 16.9. The van der Waals surface area contributed by atoms with Gasteiger partial charge in [-0.05, 0) is 67.9 Å². The van der Waals surface area contributed by atoms with Crippen LogP contribution in [0.3, 0.4) is 0 Å². The number of esters is 1. The number of aromatic nitrogens is 2. The predicted octanol–water partition coefficient (Wildman–Crippen LogP) is 6.88. The fraction of sp³-hybridized carbons (Fsp3) is 0.629. The lowest BCUT2D eigenvalue weighted by atomic mass is 9.85. The van der Waals surface area contributed by atoms with Crippen molar-refractivity contribution in [2.45, 2.75) is 104 Å². The van der Waals surface area contributed by atoms with Crippen molar-refractivity contribution in [2.24, 2.45) is 23.2 Å². The normalized spacial score (nSPS) is 23.5. The number of unbranched alkanes of at least 4 members (excludes halogenated alkanes) is 1. The molecule has 0 bridgehead atoms. The second-order valence-corrected chi connectivity index (χ2v) is 14.6. The van der Waals surface area contributed by atoms with Gasteiger partial charge < -0.3 is 24.4 Å². The zero-order chi connectivity index (χ0) is 34.5. The SMILES string of the molecule is C=CCCC[C@@H]1CCC[C@H]1OC(=O)N[C@H](C(=O)N1C[C@H](Oc2nc3cc(F)ccc3nc2Cl)[C@@H](C)[C@H]1C(=O)OCC(C)C)C(C)(C)C. The van der Waals surface area contributed by atoms with Gasteiger partial charge in [-0.1, -0.05) is 59.2 Å². The van der Waals surface area contributed by atoms with Crippen LogP contribution in [0.25, 0.3) is 11.0 Å². The zero-order valence-electron chi connectivity index (χ0n) is 28.3. The Labute approximate surface area is 281 Å². The summed E-state index contributed by atoms with van der Waals surface area (Å²) in [7, 11) is 0. The van der Waals surface area contributed by atoms with Gasteiger partial charge >= 0.3 is 12.1 Å². The Kier molecular flexibility index (Phi) is 12.1. The average Bonchev–Trinajstić information content (AvgIpc) is 3.57. The molecule has 0 spiro atoms. The number of carbonyl (C=O) groups is 3. The second kappa shape index (κ2) is 15.6. The topological polar surface area (TPSA) is 120 Å². The number of carbonyl (C=O) groups excluding carboxylic acids is 3. The molecule has 12 heteroatoms. The van der Waals surface area contributed by atoms with E-state index >= 15 is 0 Å². The van der Waals surface area contributed by atoms with E-state index in [1.54, 1.807) is 6.92 Å². The van der Waals surface area contributed by atoms with E-state index in [-0.39, 0.29) is 47.6 Å². The molecule has 0 unspecified atom stereocenters. The maximum atomic E-state index is 14.4. The molecule has 2 aromatic rings. The minimum Gasteiger partial charge on any atom is -0.470 e. The highest BCUT2D eigenvalue weighted by atomic mass is 35.5. The molecule has 1 aliphatic carbocycles. The first kappa shape index (κ1) is 36.4. The van der Waals surface area contributed by atoms with Crippen molar-refractivity contribution < 1.29 is 33.0 Å². The third-order valence-electron chi connectivity index (χ3n) is 8.90. The molecule has 4 rings (SSSR count). The number of fused-ring (bicyclic) bond motifs is 1. The van der Waals surface area contributed by atoms with Crippen molar-refractivity contribution in [2.75, 3.05) is 13.2 Å². The molecular weight excluding hydrogens is 627 g/mol. The number of nitrogens with one attached hydrogen (secondary N) is 1. The summed E-state index contributed by atoms with van der Waals surface area (Å²) in [6.07, 6.45) is 5.85. The van der Waals surface area contributed by atoms with Gasteiger partial charge in [0.2, 0.25) is 5.91 Å². The molecule has 2 amide bonds. The van der Waals surface area contributed by atoms with Crippen LogP contribution in [0, 0.1) is 29.0 Å². The van der Waals surface area contributed by atoms with Crippen molar-refractivity contribution in [3.05, 3.63) is 41.8 Å². The van der Waals surface area contributed by atoms with Crippen LogP contribution in [0.15, 0.2) is 30.9 Å². The Morgan fingerprint density at radius 1 is 1.17 bits per heavy atom. The molecule has 1 aromatic carbocycles. The van der Waals surface area contributed by atoms with E-state index in [0.717, 1.165) is 38.5 Å². The lowest BCUT2D eigenvalue weighted by Gasteiger charge is -2.35. The third kappa shape index (κ3) is 9.12. The van der Waals surface area contributed by atoms with E-state index in [0.29, 0.717) is 5.52 Å². The molecule has 47 heavy (non-hydrogen) atoms. The summed E-state index contributed by atoms with van der Waals surface area (Å²) in [5, 5.41) is 2.80. The van der Waals surface area contributed by atoms with Crippen LogP contribution >= 0.6 is 11.6 Å². The predicted molar refractivity (Wildman–Crippen MR) is 177 cm³/mol. The maximum absolute atomic E-state index is 14.4. The summed E-state index contributed by atoms with van der Waals surface area (Å²) in [5.41, 5.74) is -0.0978. The van der Waals surface area contributed by atoms with Crippen LogP contribution in [-0.2, 0) is 19.1 Å². The molecule has 258 valence electrons. The zero-order valence-corrected chi connectivity index (χ0v) is 29.0. The van der Waals surface area contributed by atoms with Gasteiger partial charge in [-0.25, -0.2) is 23.9 Å². The number of rotatable bonds is 12. The van der Waals surface area contributed by atoms with E-state index in [1.165, 1.54) is 23.1 Å². The highest BCUT2D eigenvalue weighted by Gasteiger charge is 2.51. The summed E-state index contributed by atoms with van der Waals surface area (Å²) < 4.78 is 31.6. The summed E-state index contributed by atoms with van der Waals surface area (Å²) in [5.74, 6) is -1.79. The number of hydrogen-bond acceptors (Lipinski definition) is 8. The number of nitrogens with zero attached hydrogens (tertiary/aromatic N) is 3. The van der Waals surface area contributed by atoms with Crippen LogP contribution in [0.4, 0.5) is 9.18 Å². The van der Waals surface area contributed by atoms with E-state index in [9.17, 15) is 18.8 Å². The smallest absolute Gasteiger partial charge is 0.408 e. The van der Waals surface area contributed by atoms with E-state index in [2.05, 4.69) is 21.9 Å². The highest BCUT2D eigenvalue weighted by Crippen LogP contribution is 2.35. The van der Waals surface area contributed by atoms with Crippen molar-refractivity contribution in [1.82, 2.24) is 20.2 Å². The van der Waals surface area contributed by atoms with Crippen molar-refractivity contribution >= 4 is 40.6 Å². The van der Waals surface area contributed by atoms with Crippen LogP contribution < -0.4 is 10.1 Å². The van der Waals surface area contributed by atoms with Crippen LogP contribution in [-0.4, -0.2) is 70.3 Å². The van der Waals surface area contributed by atoms with E-state index in [4.69, 9.17) is 25.8 Å². The standard InChI is InChI=1S/C35H48ClFN4O6/c1-8-9-10-12-22-13-11-14-26(22)47-34(44)40-29(35(5,6)7)32(42)41-18-27(21(4)28(41)33(43)45-19-20(2)3)46-31-30(36)38-24-16-15-23(37)17-25(24)39-31/h8,15-17,20-22,26-29H,1,9-14,18-19H2,2-7H3,(H,40,44)/t21-,22-,26-,27+,28+,29-/m1/s1. The maximum Gasteiger partial charge on any atom is 0.408 e. The molecule has 0 radical (unpaired) electrons. The van der Waals surface area contributed by atoms with Gasteiger partial charge in [0, 0.05) is 12.0 Å². The van der Waals surface area contributed by atoms with E-state index in [1.807, 2.05) is 40.7 Å². The average molecular weight is 675 g/mol.